The molecule has 2 saturated heterocycles. The van der Waals surface area contributed by atoms with Crippen LogP contribution in [0.15, 0.2) is 108 Å². The second kappa shape index (κ2) is 20.9. The number of nitrogens with zero attached hydrogens (tertiary/aromatic N) is 5. The van der Waals surface area contributed by atoms with E-state index in [1.165, 1.54) is 16.2 Å². The summed E-state index contributed by atoms with van der Waals surface area (Å²) in [5.41, 5.74) is 4.76. The molecule has 4 aromatic carbocycles. The number of hydrogen-bond donors (Lipinski definition) is 3. The standard InChI is InChI=1S/C52H57N7O8S/c1-33-25-40(20-15-38(33)27-53)58-49(64)52(5,6)59(50(58)68)39-18-13-35(14-19-39)36-16-21-42(22-17-36)66-24-8-7-23-65-31-45(61)56-46(51(2,3)4)48(63)57-30-41(60)26-43(57)47(62)55-28-34-9-11-37(12-10-34)44-29-54-32-67-44/h9-22,25,29,32,41,43,46,60H,7-8,23-24,26,28,30-31H2,1-6H3,(H,55,62)(H,56,61)/t41-,43+,46-/m1/s1. The molecule has 3 atom stereocenters. The van der Waals surface area contributed by atoms with Crippen molar-refractivity contribution in [3.8, 4) is 34.3 Å². The smallest absolute Gasteiger partial charge is 0.259 e. The number of nitrogens with one attached hydrogen (secondary N) is 2. The Kier molecular flexibility index (Phi) is 15.1. The molecular formula is C52H57N7O8S. The molecule has 1 aromatic heterocycles. The van der Waals surface area contributed by atoms with E-state index in [1.807, 2.05) is 125 Å². The summed E-state index contributed by atoms with van der Waals surface area (Å²) in [7, 11) is 0. The van der Waals surface area contributed by atoms with Crippen molar-refractivity contribution in [1.82, 2.24) is 20.5 Å². The van der Waals surface area contributed by atoms with Gasteiger partial charge in [-0.1, -0.05) is 69.3 Å². The van der Waals surface area contributed by atoms with Crippen molar-refractivity contribution in [2.45, 2.75) is 91.1 Å². The maximum Gasteiger partial charge on any atom is 0.259 e. The maximum atomic E-state index is 14.0. The molecular weight excluding hydrogens is 883 g/mol. The molecule has 2 aliphatic rings. The summed E-state index contributed by atoms with van der Waals surface area (Å²) in [6, 6.07) is 28.7. The topological polar surface area (TPSA) is 191 Å². The number of anilines is 2. The van der Waals surface area contributed by atoms with Crippen molar-refractivity contribution in [2.24, 2.45) is 5.41 Å². The van der Waals surface area contributed by atoms with Gasteiger partial charge in [0.1, 0.15) is 30.0 Å². The van der Waals surface area contributed by atoms with Gasteiger partial charge in [-0.05, 0) is 116 Å². The molecule has 0 aliphatic carbocycles. The quantitative estimate of drug-likeness (QED) is 0.0635. The number of unbranched alkanes of at least 4 members (excludes halogenated alkanes) is 1. The first-order valence-corrected chi connectivity index (χ1v) is 23.0. The van der Waals surface area contributed by atoms with E-state index in [0.29, 0.717) is 53.9 Å². The second-order valence-corrected chi connectivity index (χ2v) is 19.0. The summed E-state index contributed by atoms with van der Waals surface area (Å²) in [6.45, 7) is 11.7. The van der Waals surface area contributed by atoms with Gasteiger partial charge in [-0.3, -0.25) is 24.1 Å². The molecule has 7 rings (SSSR count). The van der Waals surface area contributed by atoms with Crippen LogP contribution in [0.5, 0.6) is 5.75 Å². The molecule has 354 valence electrons. The minimum Gasteiger partial charge on any atom is -0.494 e. The lowest BCUT2D eigenvalue weighted by atomic mass is 9.85. The number of hydrogen-bond acceptors (Lipinski definition) is 11. The Labute approximate surface area is 402 Å². The number of carbonyl (C=O) groups excluding carboxylic acids is 4. The van der Waals surface area contributed by atoms with Crippen LogP contribution in [-0.2, 0) is 30.5 Å². The molecule has 0 spiro atoms. The third-order valence-electron chi connectivity index (χ3n) is 12.2. The van der Waals surface area contributed by atoms with Crippen LogP contribution in [0.3, 0.4) is 0 Å². The van der Waals surface area contributed by atoms with Gasteiger partial charge >= 0.3 is 0 Å². The van der Waals surface area contributed by atoms with E-state index in [4.69, 9.17) is 26.1 Å². The molecule has 0 radical (unpaired) electrons. The van der Waals surface area contributed by atoms with Gasteiger partial charge in [0.15, 0.2) is 17.3 Å². The van der Waals surface area contributed by atoms with Crippen LogP contribution in [0.1, 0.15) is 70.6 Å². The fourth-order valence-electron chi connectivity index (χ4n) is 8.35. The van der Waals surface area contributed by atoms with Crippen LogP contribution in [-0.4, -0.2) is 93.8 Å². The highest BCUT2D eigenvalue weighted by Gasteiger charge is 2.50. The SMILES string of the molecule is Cc1cc(N2C(=O)C(C)(C)N(c3ccc(-c4ccc(OCCCCOCC(=O)N[C@H](C(=O)N5C[C@H](O)C[C@H]5C(=O)NCc5ccc(-c6cnco6)cc5)C(C)(C)C)cc4)cc3)C2=S)ccc1C#N. The number of nitriles is 1. The molecule has 68 heavy (non-hydrogen) atoms. The highest BCUT2D eigenvalue weighted by atomic mass is 32.1. The van der Waals surface area contributed by atoms with Crippen LogP contribution in [0.2, 0.25) is 0 Å². The van der Waals surface area contributed by atoms with E-state index in [9.17, 15) is 29.5 Å². The van der Waals surface area contributed by atoms with Gasteiger partial charge in [0.25, 0.3) is 5.91 Å². The Bertz CT molecular complexity index is 2660. The monoisotopic (exact) mass is 939 g/mol. The lowest BCUT2D eigenvalue weighted by Gasteiger charge is -2.35. The number of β-amino-alcohol motifs (C(OH)–C–C–N with tert-alkyl or cyclic N) is 1. The van der Waals surface area contributed by atoms with Crippen molar-refractivity contribution >= 4 is 52.3 Å². The minimum atomic E-state index is -0.965. The third-order valence-corrected chi connectivity index (χ3v) is 12.5. The molecule has 5 aromatic rings. The zero-order chi connectivity index (χ0) is 48.8. The number of benzene rings is 4. The van der Waals surface area contributed by atoms with Crippen LogP contribution in [0.4, 0.5) is 11.4 Å². The normalized spacial score (nSPS) is 17.2. The summed E-state index contributed by atoms with van der Waals surface area (Å²) >= 11 is 5.86. The second-order valence-electron chi connectivity index (χ2n) is 18.7. The van der Waals surface area contributed by atoms with Crippen molar-refractivity contribution in [3.05, 3.63) is 120 Å². The molecule has 0 bridgehead atoms. The Morgan fingerprint density at radius 1 is 0.956 bits per heavy atom. The molecule has 4 amide bonds. The molecule has 3 N–H and O–H groups in total. The van der Waals surface area contributed by atoms with Gasteiger partial charge < -0.3 is 39.4 Å². The zero-order valence-corrected chi connectivity index (χ0v) is 40.0. The molecule has 3 heterocycles. The van der Waals surface area contributed by atoms with Gasteiger partial charge in [-0.15, -0.1) is 0 Å². The number of rotatable bonds is 17. The van der Waals surface area contributed by atoms with E-state index in [2.05, 4.69) is 21.7 Å². The molecule has 2 fully saturated rings. The molecule has 0 unspecified atom stereocenters. The van der Waals surface area contributed by atoms with Crippen molar-refractivity contribution < 1.29 is 38.2 Å². The predicted molar refractivity (Wildman–Crippen MR) is 261 cm³/mol. The van der Waals surface area contributed by atoms with Gasteiger partial charge in [0.05, 0.1) is 36.2 Å². The largest absolute Gasteiger partial charge is 0.494 e. The number of likely N-dealkylation sites (tertiary alicyclic amines) is 1. The number of aliphatic hydroxyl groups excluding tert-OH is 1. The van der Waals surface area contributed by atoms with E-state index >= 15 is 0 Å². The number of thiocarbonyl (C=S) groups is 1. The first kappa shape index (κ1) is 49.0. The Morgan fingerprint density at radius 2 is 1.60 bits per heavy atom. The fourth-order valence-corrected chi connectivity index (χ4v) is 8.87. The van der Waals surface area contributed by atoms with E-state index in [0.717, 1.165) is 33.5 Å². The number of aryl methyl sites for hydroxylation is 1. The summed E-state index contributed by atoms with van der Waals surface area (Å²) in [4.78, 5) is 62.8. The van der Waals surface area contributed by atoms with E-state index in [1.54, 1.807) is 18.3 Å². The number of oxazole rings is 1. The van der Waals surface area contributed by atoms with Gasteiger partial charge in [0.2, 0.25) is 17.7 Å². The van der Waals surface area contributed by atoms with Crippen LogP contribution >= 0.6 is 12.2 Å². The summed E-state index contributed by atoms with van der Waals surface area (Å²) < 4.78 is 17.0. The van der Waals surface area contributed by atoms with Crippen molar-refractivity contribution in [3.63, 3.8) is 0 Å². The zero-order valence-electron chi connectivity index (χ0n) is 39.2. The molecule has 16 heteroatoms. The first-order valence-electron chi connectivity index (χ1n) is 22.6. The van der Waals surface area contributed by atoms with E-state index < -0.39 is 41.0 Å². The first-order chi connectivity index (χ1) is 32.5. The van der Waals surface area contributed by atoms with E-state index in [-0.39, 0.29) is 37.9 Å². The number of ether oxygens (including phenoxy) is 2. The highest BCUT2D eigenvalue weighted by molar-refractivity contribution is 7.81. The fraction of sp³-hybridized carbons (Fsp3) is 0.365. The minimum absolute atomic E-state index is 0.0243. The van der Waals surface area contributed by atoms with Crippen LogP contribution < -0.4 is 25.2 Å². The Hall–Kier alpha value is -6.93. The average Bonchev–Trinajstić information content (AvgIpc) is 4.04. The lowest BCUT2D eigenvalue weighted by Crippen LogP contribution is -2.58. The predicted octanol–water partition coefficient (Wildman–Crippen LogP) is 7.09. The number of aliphatic hydroxyl groups is 1. The number of aromatic nitrogens is 1. The lowest BCUT2D eigenvalue weighted by molar-refractivity contribution is -0.144. The van der Waals surface area contributed by atoms with Gasteiger partial charge in [-0.25, -0.2) is 4.98 Å². The molecule has 0 saturated carbocycles. The van der Waals surface area contributed by atoms with Gasteiger partial charge in [-0.2, -0.15) is 5.26 Å². The van der Waals surface area contributed by atoms with Crippen molar-refractivity contribution in [2.75, 3.05) is 36.2 Å². The molecule has 2 aliphatic heterocycles. The Morgan fingerprint density at radius 3 is 2.24 bits per heavy atom. The Balaban J connectivity index is 0.831. The molecule has 15 nitrogen and oxygen atoms in total. The van der Waals surface area contributed by atoms with Crippen LogP contribution in [0.25, 0.3) is 22.5 Å². The third kappa shape index (κ3) is 11.1. The maximum absolute atomic E-state index is 14.0. The average molecular weight is 940 g/mol. The summed E-state index contributed by atoms with van der Waals surface area (Å²) in [5.74, 6) is -0.105. The summed E-state index contributed by atoms with van der Waals surface area (Å²) in [5, 5.41) is 26.0. The number of amides is 4. The highest BCUT2D eigenvalue weighted by Crippen LogP contribution is 2.38. The van der Waals surface area contributed by atoms with Gasteiger partial charge in [0, 0.05) is 37.4 Å². The van der Waals surface area contributed by atoms with Crippen molar-refractivity contribution in [1.29, 1.82) is 5.26 Å². The number of carbonyl (C=O) groups is 4. The van der Waals surface area contributed by atoms with Crippen LogP contribution in [0, 0.1) is 23.7 Å². The summed E-state index contributed by atoms with van der Waals surface area (Å²) in [6.07, 6.45) is 3.50.